The first kappa shape index (κ1) is 14.0. The molecule has 1 aromatic carbocycles. The van der Waals surface area contributed by atoms with E-state index < -0.39 is 0 Å². The van der Waals surface area contributed by atoms with Crippen molar-refractivity contribution in [1.82, 2.24) is 0 Å². The summed E-state index contributed by atoms with van der Waals surface area (Å²) in [5.74, 6) is 0. The molecule has 2 heteroatoms. The van der Waals surface area contributed by atoms with Gasteiger partial charge in [0.1, 0.15) is 0 Å². The van der Waals surface area contributed by atoms with Gasteiger partial charge in [-0.3, -0.25) is 0 Å². The topological polar surface area (TPSA) is 38.0 Å². The maximum Gasteiger partial charge on any atom is 0.0467 e. The largest absolute Gasteiger partial charge is 0.379 e. The van der Waals surface area contributed by atoms with Crippen LogP contribution in [0.1, 0.15) is 46.0 Å². The second-order valence-electron chi connectivity index (χ2n) is 5.07. The predicted molar refractivity (Wildman–Crippen MR) is 76.3 cm³/mol. The Hall–Kier alpha value is -1.02. The Balaban J connectivity index is 2.45. The van der Waals surface area contributed by atoms with E-state index in [9.17, 15) is 0 Å². The highest BCUT2D eigenvalue weighted by Gasteiger charge is 2.21. The zero-order valence-corrected chi connectivity index (χ0v) is 11.2. The number of anilines is 1. The van der Waals surface area contributed by atoms with Crippen LogP contribution < -0.4 is 11.1 Å². The molecule has 0 amide bonds. The van der Waals surface area contributed by atoms with E-state index in [2.05, 4.69) is 43.4 Å². The highest BCUT2D eigenvalue weighted by atomic mass is 15.0. The van der Waals surface area contributed by atoms with Gasteiger partial charge in [0, 0.05) is 17.8 Å². The molecule has 0 heterocycles. The van der Waals surface area contributed by atoms with Gasteiger partial charge in [-0.25, -0.2) is 0 Å². The zero-order valence-electron chi connectivity index (χ0n) is 11.2. The van der Waals surface area contributed by atoms with Crippen LogP contribution in [0.3, 0.4) is 0 Å². The molecule has 1 rings (SSSR count). The zero-order chi connectivity index (χ0) is 12.6. The van der Waals surface area contributed by atoms with Crippen molar-refractivity contribution in [3.63, 3.8) is 0 Å². The van der Waals surface area contributed by atoms with Crippen LogP contribution in [-0.4, -0.2) is 12.1 Å². The lowest BCUT2D eigenvalue weighted by Gasteiger charge is -2.30. The van der Waals surface area contributed by atoms with Gasteiger partial charge in [-0.2, -0.15) is 0 Å². The van der Waals surface area contributed by atoms with Gasteiger partial charge in [0.25, 0.3) is 0 Å². The number of nitrogens with two attached hydrogens (primary N) is 1. The first-order chi connectivity index (χ1) is 8.20. The number of nitrogens with one attached hydrogen (secondary N) is 1. The second-order valence-corrected chi connectivity index (χ2v) is 5.07. The smallest absolute Gasteiger partial charge is 0.0467 e. The standard InChI is InChI=1S/C15H26N2/c1-3-4-5-9-12-15(2,13-16)17-14-10-7-6-8-11-14/h6-8,10-11,17H,3-5,9,12-13,16H2,1-2H3. The summed E-state index contributed by atoms with van der Waals surface area (Å²) in [4.78, 5) is 0. The van der Waals surface area contributed by atoms with Crippen LogP contribution in [0.4, 0.5) is 5.69 Å². The van der Waals surface area contributed by atoms with Crippen molar-refractivity contribution in [3.8, 4) is 0 Å². The van der Waals surface area contributed by atoms with Gasteiger partial charge in [-0.05, 0) is 25.5 Å². The molecule has 1 unspecified atom stereocenters. The lowest BCUT2D eigenvalue weighted by Crippen LogP contribution is -2.42. The minimum atomic E-state index is 0.0229. The molecular formula is C15H26N2. The number of benzene rings is 1. The molecule has 0 fully saturated rings. The van der Waals surface area contributed by atoms with Gasteiger partial charge in [-0.1, -0.05) is 50.8 Å². The van der Waals surface area contributed by atoms with Gasteiger partial charge in [0.15, 0.2) is 0 Å². The van der Waals surface area contributed by atoms with Crippen molar-refractivity contribution >= 4 is 5.69 Å². The summed E-state index contributed by atoms with van der Waals surface area (Å²) >= 11 is 0. The Kier molecular flexibility index (Phi) is 6.06. The van der Waals surface area contributed by atoms with Crippen LogP contribution in [0.5, 0.6) is 0 Å². The van der Waals surface area contributed by atoms with E-state index in [4.69, 9.17) is 5.73 Å². The van der Waals surface area contributed by atoms with E-state index in [1.807, 2.05) is 6.07 Å². The van der Waals surface area contributed by atoms with Crippen LogP contribution in [-0.2, 0) is 0 Å². The molecule has 0 radical (unpaired) electrons. The van der Waals surface area contributed by atoms with Crippen molar-refractivity contribution < 1.29 is 0 Å². The van der Waals surface area contributed by atoms with Crippen LogP contribution in [0.2, 0.25) is 0 Å². The fourth-order valence-electron chi connectivity index (χ4n) is 2.03. The molecule has 0 aromatic heterocycles. The maximum atomic E-state index is 5.91. The number of unbranched alkanes of at least 4 members (excludes halogenated alkanes) is 3. The van der Waals surface area contributed by atoms with E-state index in [-0.39, 0.29) is 5.54 Å². The number of hydrogen-bond donors (Lipinski definition) is 2. The lowest BCUT2D eigenvalue weighted by atomic mass is 9.93. The first-order valence-electron chi connectivity index (χ1n) is 6.73. The molecule has 0 aliphatic heterocycles. The van der Waals surface area contributed by atoms with Crippen molar-refractivity contribution in [2.24, 2.45) is 5.73 Å². The van der Waals surface area contributed by atoms with Gasteiger partial charge in [0.05, 0.1) is 0 Å². The SMILES string of the molecule is CCCCCCC(C)(CN)Nc1ccccc1. The molecule has 2 nitrogen and oxygen atoms in total. The Morgan fingerprint density at radius 1 is 1.12 bits per heavy atom. The summed E-state index contributed by atoms with van der Waals surface area (Å²) in [6.07, 6.45) is 6.31. The van der Waals surface area contributed by atoms with Gasteiger partial charge in [-0.15, -0.1) is 0 Å². The van der Waals surface area contributed by atoms with Gasteiger partial charge in [0.2, 0.25) is 0 Å². The van der Waals surface area contributed by atoms with Crippen molar-refractivity contribution in [2.45, 2.75) is 51.5 Å². The molecule has 0 saturated carbocycles. The highest BCUT2D eigenvalue weighted by molar-refractivity contribution is 5.45. The number of rotatable bonds is 8. The fraction of sp³-hybridized carbons (Fsp3) is 0.600. The normalized spacial score (nSPS) is 14.3. The Labute approximate surface area is 106 Å². The third kappa shape index (κ3) is 5.22. The summed E-state index contributed by atoms with van der Waals surface area (Å²) in [6.45, 7) is 5.13. The van der Waals surface area contributed by atoms with Crippen LogP contribution in [0.25, 0.3) is 0 Å². The summed E-state index contributed by atoms with van der Waals surface area (Å²) in [6, 6.07) is 10.3. The monoisotopic (exact) mass is 234 g/mol. The van der Waals surface area contributed by atoms with Gasteiger partial charge >= 0.3 is 0 Å². The molecule has 0 aliphatic rings. The quantitative estimate of drug-likeness (QED) is 0.672. The fourth-order valence-corrected chi connectivity index (χ4v) is 2.03. The van der Waals surface area contributed by atoms with Crippen LogP contribution in [0.15, 0.2) is 30.3 Å². The first-order valence-corrected chi connectivity index (χ1v) is 6.73. The Bertz CT molecular complexity index is 297. The third-order valence-electron chi connectivity index (χ3n) is 3.25. The Morgan fingerprint density at radius 3 is 2.41 bits per heavy atom. The Morgan fingerprint density at radius 2 is 1.82 bits per heavy atom. The van der Waals surface area contributed by atoms with E-state index in [0.29, 0.717) is 6.54 Å². The van der Waals surface area contributed by atoms with E-state index in [1.54, 1.807) is 0 Å². The minimum absolute atomic E-state index is 0.0229. The number of para-hydroxylation sites is 1. The second kappa shape index (κ2) is 7.33. The molecule has 96 valence electrons. The summed E-state index contributed by atoms with van der Waals surface area (Å²) < 4.78 is 0. The lowest BCUT2D eigenvalue weighted by molar-refractivity contribution is 0.451. The molecule has 1 aromatic rings. The van der Waals surface area contributed by atoms with E-state index in [1.165, 1.54) is 25.7 Å². The van der Waals surface area contributed by atoms with E-state index >= 15 is 0 Å². The average molecular weight is 234 g/mol. The van der Waals surface area contributed by atoms with Crippen molar-refractivity contribution in [3.05, 3.63) is 30.3 Å². The highest BCUT2D eigenvalue weighted by Crippen LogP contribution is 2.20. The minimum Gasteiger partial charge on any atom is -0.379 e. The van der Waals surface area contributed by atoms with E-state index in [0.717, 1.165) is 12.1 Å². The summed E-state index contributed by atoms with van der Waals surface area (Å²) in [7, 11) is 0. The molecule has 3 N–H and O–H groups in total. The van der Waals surface area contributed by atoms with Crippen molar-refractivity contribution in [2.75, 3.05) is 11.9 Å². The predicted octanol–water partition coefficient (Wildman–Crippen LogP) is 3.79. The van der Waals surface area contributed by atoms with Gasteiger partial charge < -0.3 is 11.1 Å². The molecule has 17 heavy (non-hydrogen) atoms. The van der Waals surface area contributed by atoms with Crippen LogP contribution in [0, 0.1) is 0 Å². The summed E-state index contributed by atoms with van der Waals surface area (Å²) in [5.41, 5.74) is 7.09. The third-order valence-corrected chi connectivity index (χ3v) is 3.25. The average Bonchev–Trinajstić information content (AvgIpc) is 2.36. The molecule has 0 aliphatic carbocycles. The van der Waals surface area contributed by atoms with Crippen LogP contribution >= 0.6 is 0 Å². The summed E-state index contributed by atoms with van der Waals surface area (Å²) in [5, 5.41) is 3.56. The molecular weight excluding hydrogens is 208 g/mol. The molecule has 1 atom stereocenters. The number of hydrogen-bond acceptors (Lipinski definition) is 2. The maximum absolute atomic E-state index is 5.91. The molecule has 0 saturated heterocycles. The molecule has 0 bridgehead atoms. The van der Waals surface area contributed by atoms with Crippen molar-refractivity contribution in [1.29, 1.82) is 0 Å². The molecule has 0 spiro atoms.